The van der Waals surface area contributed by atoms with E-state index < -0.39 is 0 Å². The summed E-state index contributed by atoms with van der Waals surface area (Å²) in [6, 6.07) is 12.6. The van der Waals surface area contributed by atoms with E-state index in [1.165, 1.54) is 0 Å². The summed E-state index contributed by atoms with van der Waals surface area (Å²) in [6.45, 7) is 1.94. The van der Waals surface area contributed by atoms with Crippen LogP contribution in [0.1, 0.15) is 18.9 Å². The summed E-state index contributed by atoms with van der Waals surface area (Å²) >= 11 is 3.39. The maximum absolute atomic E-state index is 12.3. The highest BCUT2D eigenvalue weighted by Crippen LogP contribution is 2.23. The molecule has 0 spiro atoms. The predicted molar refractivity (Wildman–Crippen MR) is 107 cm³/mol. The van der Waals surface area contributed by atoms with Crippen LogP contribution in [0.3, 0.4) is 0 Å². The van der Waals surface area contributed by atoms with E-state index in [1.807, 2.05) is 37.3 Å². The lowest BCUT2D eigenvalue weighted by atomic mass is 10.2. The highest BCUT2D eigenvalue weighted by Gasteiger charge is 2.15. The molecule has 1 amide bonds. The van der Waals surface area contributed by atoms with Gasteiger partial charge in [0.05, 0.1) is 20.4 Å². The molecule has 7 heteroatoms. The molecule has 0 aromatic heterocycles. The number of carbonyl (C=O) groups is 1. The third-order valence-corrected chi connectivity index (χ3v) is 4.26. The molecule has 0 saturated carbocycles. The molecule has 1 atom stereocenters. The van der Waals surface area contributed by atoms with Gasteiger partial charge in [0.25, 0.3) is 5.91 Å². The maximum atomic E-state index is 12.3. The van der Waals surface area contributed by atoms with Gasteiger partial charge in [-0.3, -0.25) is 4.79 Å². The van der Waals surface area contributed by atoms with Crippen LogP contribution in [-0.4, -0.2) is 32.4 Å². The zero-order chi connectivity index (χ0) is 18.9. The van der Waals surface area contributed by atoms with Crippen molar-refractivity contribution in [2.24, 2.45) is 5.10 Å². The zero-order valence-electron chi connectivity index (χ0n) is 15.0. The minimum atomic E-state index is -0.383. The van der Waals surface area contributed by atoms with Crippen molar-refractivity contribution in [3.63, 3.8) is 0 Å². The van der Waals surface area contributed by atoms with Crippen molar-refractivity contribution in [1.29, 1.82) is 0 Å². The molecule has 0 saturated heterocycles. The van der Waals surface area contributed by atoms with Gasteiger partial charge in [-0.25, -0.2) is 5.43 Å². The van der Waals surface area contributed by atoms with Gasteiger partial charge in [-0.05, 0) is 42.8 Å². The molecule has 0 aliphatic carbocycles. The monoisotopic (exact) mass is 419 g/mol. The molecule has 2 N–H and O–H groups in total. The number of methoxy groups -OCH3 is 2. The Hall–Kier alpha value is -2.54. The molecule has 2 aromatic carbocycles. The molecule has 26 heavy (non-hydrogen) atoms. The van der Waals surface area contributed by atoms with Gasteiger partial charge in [-0.1, -0.05) is 22.9 Å². The highest BCUT2D eigenvalue weighted by atomic mass is 79.9. The molecule has 6 nitrogen and oxygen atoms in total. The molecular weight excluding hydrogens is 398 g/mol. The Kier molecular flexibility index (Phi) is 7.47. The van der Waals surface area contributed by atoms with Crippen LogP contribution >= 0.6 is 15.9 Å². The molecule has 1 unspecified atom stereocenters. The lowest BCUT2D eigenvalue weighted by Gasteiger charge is -2.16. The summed E-state index contributed by atoms with van der Waals surface area (Å²) in [5.41, 5.74) is 4.18. The van der Waals surface area contributed by atoms with Crippen molar-refractivity contribution < 1.29 is 14.3 Å². The predicted octanol–water partition coefficient (Wildman–Crippen LogP) is 3.81. The molecule has 2 aromatic rings. The van der Waals surface area contributed by atoms with Crippen LogP contribution < -0.4 is 20.2 Å². The van der Waals surface area contributed by atoms with Crippen molar-refractivity contribution >= 4 is 33.7 Å². The molecule has 138 valence electrons. The number of benzene rings is 2. The standard InChI is InChI=1S/C19H22BrN3O3/c1-4-17(22-15-8-6-14(20)7-9-15)19(24)23-21-12-13-5-10-16(25-2)11-18(13)26-3/h5-12,17,22H,4H2,1-3H3,(H,23,24)/b21-12+. The van der Waals surface area contributed by atoms with Crippen molar-refractivity contribution in [3.8, 4) is 11.5 Å². The van der Waals surface area contributed by atoms with E-state index in [-0.39, 0.29) is 11.9 Å². The third-order valence-electron chi connectivity index (χ3n) is 3.73. The first-order valence-corrected chi connectivity index (χ1v) is 8.93. The van der Waals surface area contributed by atoms with E-state index in [9.17, 15) is 4.79 Å². The first-order valence-electron chi connectivity index (χ1n) is 8.14. The van der Waals surface area contributed by atoms with Crippen molar-refractivity contribution in [1.82, 2.24) is 5.43 Å². The van der Waals surface area contributed by atoms with Gasteiger partial charge in [-0.2, -0.15) is 5.10 Å². The van der Waals surface area contributed by atoms with Gasteiger partial charge in [0.15, 0.2) is 0 Å². The number of hydrazone groups is 1. The quantitative estimate of drug-likeness (QED) is 0.503. The second-order valence-electron chi connectivity index (χ2n) is 5.45. The number of ether oxygens (including phenoxy) is 2. The average molecular weight is 420 g/mol. The Bertz CT molecular complexity index is 763. The Morgan fingerprint density at radius 2 is 1.92 bits per heavy atom. The molecule has 0 aliphatic heterocycles. The van der Waals surface area contributed by atoms with E-state index in [1.54, 1.807) is 32.6 Å². The third kappa shape index (κ3) is 5.49. The fraction of sp³-hybridized carbons (Fsp3) is 0.263. The van der Waals surface area contributed by atoms with Crippen LogP contribution in [0.2, 0.25) is 0 Å². The Balaban J connectivity index is 1.99. The van der Waals surface area contributed by atoms with Gasteiger partial charge >= 0.3 is 0 Å². The molecule has 2 rings (SSSR count). The van der Waals surface area contributed by atoms with E-state index in [4.69, 9.17) is 9.47 Å². The molecule has 0 bridgehead atoms. The lowest BCUT2D eigenvalue weighted by molar-refractivity contribution is -0.121. The molecule has 0 aliphatic rings. The second-order valence-corrected chi connectivity index (χ2v) is 6.37. The summed E-state index contributed by atoms with van der Waals surface area (Å²) < 4.78 is 11.4. The molecule has 0 heterocycles. The summed E-state index contributed by atoms with van der Waals surface area (Å²) in [5, 5.41) is 7.23. The smallest absolute Gasteiger partial charge is 0.262 e. The fourth-order valence-corrected chi connectivity index (χ4v) is 2.53. The summed E-state index contributed by atoms with van der Waals surface area (Å²) in [6.07, 6.45) is 2.17. The largest absolute Gasteiger partial charge is 0.497 e. The number of anilines is 1. The minimum absolute atomic E-state index is 0.209. The van der Waals surface area contributed by atoms with Crippen LogP contribution in [0, 0.1) is 0 Å². The average Bonchev–Trinajstić information content (AvgIpc) is 2.67. The van der Waals surface area contributed by atoms with E-state index in [0.29, 0.717) is 17.9 Å². The van der Waals surface area contributed by atoms with Crippen molar-refractivity contribution in [3.05, 3.63) is 52.5 Å². The number of rotatable bonds is 8. The molecular formula is C19H22BrN3O3. The number of amides is 1. The van der Waals surface area contributed by atoms with Crippen LogP contribution in [0.25, 0.3) is 0 Å². The van der Waals surface area contributed by atoms with Gasteiger partial charge in [0.2, 0.25) is 0 Å². The fourth-order valence-electron chi connectivity index (χ4n) is 2.27. The minimum Gasteiger partial charge on any atom is -0.497 e. The number of carbonyl (C=O) groups excluding carboxylic acids is 1. The SMILES string of the molecule is CCC(Nc1ccc(Br)cc1)C(=O)N/N=C/c1ccc(OC)cc1OC. The highest BCUT2D eigenvalue weighted by molar-refractivity contribution is 9.10. The van der Waals surface area contributed by atoms with Crippen molar-refractivity contribution in [2.75, 3.05) is 19.5 Å². The Morgan fingerprint density at radius 1 is 1.19 bits per heavy atom. The van der Waals surface area contributed by atoms with Crippen LogP contribution in [-0.2, 0) is 4.79 Å². The first kappa shape index (κ1) is 19.8. The van der Waals surface area contributed by atoms with Gasteiger partial charge < -0.3 is 14.8 Å². The molecule has 0 radical (unpaired) electrons. The number of nitrogens with one attached hydrogen (secondary N) is 2. The van der Waals surface area contributed by atoms with Gasteiger partial charge in [-0.15, -0.1) is 0 Å². The Morgan fingerprint density at radius 3 is 2.54 bits per heavy atom. The maximum Gasteiger partial charge on any atom is 0.262 e. The van der Waals surface area contributed by atoms with Crippen LogP contribution in [0.15, 0.2) is 52.0 Å². The van der Waals surface area contributed by atoms with Crippen LogP contribution in [0.5, 0.6) is 11.5 Å². The second kappa shape index (κ2) is 9.82. The van der Waals surface area contributed by atoms with Gasteiger partial charge in [0, 0.05) is 21.8 Å². The number of nitrogens with zero attached hydrogens (tertiary/aromatic N) is 1. The number of hydrogen-bond acceptors (Lipinski definition) is 5. The van der Waals surface area contributed by atoms with Crippen molar-refractivity contribution in [2.45, 2.75) is 19.4 Å². The van der Waals surface area contributed by atoms with Crippen LogP contribution in [0.4, 0.5) is 5.69 Å². The first-order chi connectivity index (χ1) is 12.6. The zero-order valence-corrected chi connectivity index (χ0v) is 16.5. The summed E-state index contributed by atoms with van der Waals surface area (Å²) in [5.74, 6) is 1.09. The van der Waals surface area contributed by atoms with E-state index in [0.717, 1.165) is 15.7 Å². The Labute approximate surface area is 161 Å². The number of hydrogen-bond donors (Lipinski definition) is 2. The lowest BCUT2D eigenvalue weighted by Crippen LogP contribution is -2.36. The van der Waals surface area contributed by atoms with E-state index in [2.05, 4.69) is 31.8 Å². The van der Waals surface area contributed by atoms with E-state index >= 15 is 0 Å². The summed E-state index contributed by atoms with van der Waals surface area (Å²) in [4.78, 5) is 12.3. The summed E-state index contributed by atoms with van der Waals surface area (Å²) in [7, 11) is 3.16. The molecule has 0 fully saturated rings. The topological polar surface area (TPSA) is 72.0 Å². The van der Waals surface area contributed by atoms with Gasteiger partial charge in [0.1, 0.15) is 17.5 Å². The number of halogens is 1. The normalized spacial score (nSPS) is 11.8.